The number of aliphatic hydroxyl groups is 1. The first-order valence-electron chi connectivity index (χ1n) is 8.09. The van der Waals surface area contributed by atoms with Crippen molar-refractivity contribution in [1.29, 1.82) is 0 Å². The fraction of sp³-hybridized carbons (Fsp3) is 0.389. The molecule has 0 aliphatic carbocycles. The molecule has 128 valence electrons. The summed E-state index contributed by atoms with van der Waals surface area (Å²) in [5.74, 6) is -0.0453. The number of halogens is 1. The summed E-state index contributed by atoms with van der Waals surface area (Å²) < 4.78 is 2.04. The number of rotatable bonds is 4. The molecule has 3 N–H and O–H groups in total. The van der Waals surface area contributed by atoms with E-state index in [0.717, 1.165) is 23.6 Å². The Morgan fingerprint density at radius 3 is 2.67 bits per heavy atom. The lowest BCUT2D eigenvalue weighted by molar-refractivity contribution is 0.0926. The van der Waals surface area contributed by atoms with Crippen LogP contribution in [0.25, 0.3) is 5.69 Å². The molecule has 1 fully saturated rings. The largest absolute Gasteiger partial charge is 0.391 e. The first-order chi connectivity index (χ1) is 11.5. The standard InChI is InChI=1S/C18H22ClN3O2/c1-11-7-16(18(24)21-9-13-8-20-10-17(13)23)12(2)22(11)15-5-3-14(19)4-6-15/h3-7,13,17,20,23H,8-10H2,1-2H3,(H,21,24). The van der Waals surface area contributed by atoms with Gasteiger partial charge in [-0.3, -0.25) is 4.79 Å². The summed E-state index contributed by atoms with van der Waals surface area (Å²) in [6, 6.07) is 9.44. The monoisotopic (exact) mass is 347 g/mol. The quantitative estimate of drug-likeness (QED) is 0.793. The third-order valence-electron chi connectivity index (χ3n) is 4.59. The molecule has 1 aliphatic heterocycles. The van der Waals surface area contributed by atoms with Crippen molar-refractivity contribution in [1.82, 2.24) is 15.2 Å². The highest BCUT2D eigenvalue weighted by atomic mass is 35.5. The number of benzene rings is 1. The van der Waals surface area contributed by atoms with Crippen LogP contribution in [0.3, 0.4) is 0 Å². The van der Waals surface area contributed by atoms with E-state index in [4.69, 9.17) is 11.6 Å². The molecule has 6 heteroatoms. The topological polar surface area (TPSA) is 66.3 Å². The van der Waals surface area contributed by atoms with Crippen molar-refractivity contribution in [3.8, 4) is 5.69 Å². The molecule has 24 heavy (non-hydrogen) atoms. The molecule has 1 aromatic carbocycles. The van der Waals surface area contributed by atoms with Crippen molar-refractivity contribution < 1.29 is 9.90 Å². The predicted octanol–water partition coefficient (Wildman–Crippen LogP) is 2.06. The summed E-state index contributed by atoms with van der Waals surface area (Å²) in [5.41, 5.74) is 3.51. The molecule has 3 rings (SSSR count). The average Bonchev–Trinajstić information content (AvgIpc) is 3.09. The van der Waals surface area contributed by atoms with Gasteiger partial charge in [0, 0.05) is 47.7 Å². The van der Waals surface area contributed by atoms with Gasteiger partial charge in [-0.2, -0.15) is 0 Å². The van der Waals surface area contributed by atoms with Crippen LogP contribution in [0.4, 0.5) is 0 Å². The van der Waals surface area contributed by atoms with Crippen LogP contribution < -0.4 is 10.6 Å². The number of aliphatic hydroxyl groups excluding tert-OH is 1. The van der Waals surface area contributed by atoms with Gasteiger partial charge in [0.05, 0.1) is 11.7 Å². The van der Waals surface area contributed by atoms with Crippen molar-refractivity contribution in [3.05, 3.63) is 52.3 Å². The van der Waals surface area contributed by atoms with Crippen molar-refractivity contribution in [2.24, 2.45) is 5.92 Å². The van der Waals surface area contributed by atoms with E-state index in [0.29, 0.717) is 23.7 Å². The number of hydrogen-bond acceptors (Lipinski definition) is 3. The van der Waals surface area contributed by atoms with Crippen LogP contribution in [0.5, 0.6) is 0 Å². The smallest absolute Gasteiger partial charge is 0.253 e. The van der Waals surface area contributed by atoms with Crippen molar-refractivity contribution in [3.63, 3.8) is 0 Å². The van der Waals surface area contributed by atoms with Gasteiger partial charge in [-0.15, -0.1) is 0 Å². The highest BCUT2D eigenvalue weighted by Gasteiger charge is 2.26. The minimum Gasteiger partial charge on any atom is -0.391 e. The number of aryl methyl sites for hydroxylation is 1. The number of nitrogens with one attached hydrogen (secondary N) is 2. The second-order valence-electron chi connectivity index (χ2n) is 6.29. The predicted molar refractivity (Wildman–Crippen MR) is 95.0 cm³/mol. The van der Waals surface area contributed by atoms with Crippen molar-refractivity contribution in [2.75, 3.05) is 19.6 Å². The Morgan fingerprint density at radius 1 is 1.33 bits per heavy atom. The van der Waals surface area contributed by atoms with E-state index in [-0.39, 0.29) is 11.8 Å². The average molecular weight is 348 g/mol. The molecule has 2 atom stereocenters. The van der Waals surface area contributed by atoms with Gasteiger partial charge in [0.15, 0.2) is 0 Å². The second-order valence-corrected chi connectivity index (χ2v) is 6.73. The zero-order valence-electron chi connectivity index (χ0n) is 13.8. The Labute approximate surface area is 146 Å². The first kappa shape index (κ1) is 17.0. The second kappa shape index (κ2) is 6.97. The first-order valence-corrected chi connectivity index (χ1v) is 8.47. The summed E-state index contributed by atoms with van der Waals surface area (Å²) >= 11 is 5.95. The number of carbonyl (C=O) groups excluding carboxylic acids is 1. The van der Waals surface area contributed by atoms with Gasteiger partial charge in [0.2, 0.25) is 0 Å². The maximum Gasteiger partial charge on any atom is 0.253 e. The van der Waals surface area contributed by atoms with Crippen molar-refractivity contribution >= 4 is 17.5 Å². The lowest BCUT2D eigenvalue weighted by Crippen LogP contribution is -2.34. The van der Waals surface area contributed by atoms with Gasteiger partial charge in [0.25, 0.3) is 5.91 Å². The van der Waals surface area contributed by atoms with Gasteiger partial charge in [-0.05, 0) is 44.2 Å². The summed E-state index contributed by atoms with van der Waals surface area (Å²) in [6.45, 7) is 5.69. The van der Waals surface area contributed by atoms with Gasteiger partial charge < -0.3 is 20.3 Å². The molecule has 1 aliphatic rings. The fourth-order valence-corrected chi connectivity index (χ4v) is 3.35. The molecule has 2 heterocycles. The number of amides is 1. The molecule has 0 spiro atoms. The van der Waals surface area contributed by atoms with E-state index in [2.05, 4.69) is 10.6 Å². The lowest BCUT2D eigenvalue weighted by atomic mass is 10.1. The van der Waals surface area contributed by atoms with E-state index in [1.807, 2.05) is 48.7 Å². The zero-order valence-corrected chi connectivity index (χ0v) is 14.6. The summed E-state index contributed by atoms with van der Waals surface area (Å²) in [4.78, 5) is 12.5. The molecule has 1 saturated heterocycles. The maximum atomic E-state index is 12.5. The number of hydrogen-bond donors (Lipinski definition) is 3. The zero-order chi connectivity index (χ0) is 17.3. The third-order valence-corrected chi connectivity index (χ3v) is 4.84. The minimum atomic E-state index is -0.396. The molecule has 0 bridgehead atoms. The molecule has 1 amide bonds. The SMILES string of the molecule is Cc1cc(C(=O)NCC2CNCC2O)c(C)n1-c1ccc(Cl)cc1. The van der Waals surface area contributed by atoms with E-state index in [1.54, 1.807) is 0 Å². The van der Waals surface area contributed by atoms with Crippen LogP contribution in [-0.4, -0.2) is 41.3 Å². The minimum absolute atomic E-state index is 0.0636. The summed E-state index contributed by atoms with van der Waals surface area (Å²) in [5, 5.41) is 16.6. The van der Waals surface area contributed by atoms with Gasteiger partial charge in [-0.25, -0.2) is 0 Å². The summed E-state index contributed by atoms with van der Waals surface area (Å²) in [7, 11) is 0. The van der Waals surface area contributed by atoms with E-state index < -0.39 is 6.10 Å². The Kier molecular flexibility index (Phi) is 4.94. The molecule has 0 radical (unpaired) electrons. The number of β-amino-alcohol motifs (C(OH)–C–C–N with tert-alkyl or cyclic N) is 1. The van der Waals surface area contributed by atoms with Crippen molar-refractivity contribution in [2.45, 2.75) is 20.0 Å². The van der Waals surface area contributed by atoms with E-state index in [9.17, 15) is 9.90 Å². The molecule has 1 aromatic heterocycles. The normalized spacial score (nSPS) is 20.3. The number of carbonyl (C=O) groups is 1. The van der Waals surface area contributed by atoms with Gasteiger partial charge >= 0.3 is 0 Å². The fourth-order valence-electron chi connectivity index (χ4n) is 3.23. The van der Waals surface area contributed by atoms with Crippen LogP contribution in [0, 0.1) is 19.8 Å². The van der Waals surface area contributed by atoms with Crippen LogP contribution in [0.1, 0.15) is 21.7 Å². The molecule has 5 nitrogen and oxygen atoms in total. The van der Waals surface area contributed by atoms with Crippen LogP contribution in [0.2, 0.25) is 5.02 Å². The van der Waals surface area contributed by atoms with Gasteiger partial charge in [0.1, 0.15) is 0 Å². The maximum absolute atomic E-state index is 12.5. The molecule has 0 saturated carbocycles. The van der Waals surface area contributed by atoms with Gasteiger partial charge in [-0.1, -0.05) is 11.6 Å². The Hall–Kier alpha value is -1.82. The van der Waals surface area contributed by atoms with E-state index >= 15 is 0 Å². The Balaban J connectivity index is 1.78. The molecular weight excluding hydrogens is 326 g/mol. The summed E-state index contributed by atoms with van der Waals surface area (Å²) in [6.07, 6.45) is -0.396. The Morgan fingerprint density at radius 2 is 2.04 bits per heavy atom. The van der Waals surface area contributed by atoms with Crippen LogP contribution >= 0.6 is 11.6 Å². The Bertz CT molecular complexity index is 739. The molecule has 2 aromatic rings. The number of nitrogens with zero attached hydrogens (tertiary/aromatic N) is 1. The highest BCUT2D eigenvalue weighted by Crippen LogP contribution is 2.22. The highest BCUT2D eigenvalue weighted by molar-refractivity contribution is 6.30. The van der Waals surface area contributed by atoms with Crippen LogP contribution in [-0.2, 0) is 0 Å². The molecular formula is C18H22ClN3O2. The molecule has 2 unspecified atom stereocenters. The van der Waals surface area contributed by atoms with E-state index in [1.165, 1.54) is 0 Å². The van der Waals surface area contributed by atoms with Crippen LogP contribution in [0.15, 0.2) is 30.3 Å². The number of aromatic nitrogens is 1. The third kappa shape index (κ3) is 3.34. The lowest BCUT2D eigenvalue weighted by Gasteiger charge is -2.14.